The second-order valence-corrected chi connectivity index (χ2v) is 9.63. The third kappa shape index (κ3) is 7.20. The minimum absolute atomic E-state index is 0.142. The van der Waals surface area contributed by atoms with Crippen molar-refractivity contribution in [1.29, 1.82) is 0 Å². The third-order valence-electron chi connectivity index (χ3n) is 5.58. The van der Waals surface area contributed by atoms with E-state index in [1.165, 1.54) is 0 Å². The fourth-order valence-electron chi connectivity index (χ4n) is 3.90. The number of ether oxygens (including phenoxy) is 1. The summed E-state index contributed by atoms with van der Waals surface area (Å²) < 4.78 is 5.18. The Bertz CT molecular complexity index is 1280. The van der Waals surface area contributed by atoms with Gasteiger partial charge in [0.2, 0.25) is 5.91 Å². The topological polar surface area (TPSA) is 128 Å². The number of aliphatic hydroxyl groups is 1. The predicted octanol–water partition coefficient (Wildman–Crippen LogP) is 3.88. The first-order chi connectivity index (χ1) is 17.5. The zero-order valence-electron chi connectivity index (χ0n) is 21.4. The number of aryl methyl sites for hydroxylation is 1. The summed E-state index contributed by atoms with van der Waals surface area (Å²) in [6, 6.07) is 16.7. The van der Waals surface area contributed by atoms with Crippen molar-refractivity contribution in [3.8, 4) is 5.75 Å². The summed E-state index contributed by atoms with van der Waals surface area (Å²) in [6.07, 6.45) is -0.791. The molecule has 3 rings (SSSR count). The van der Waals surface area contributed by atoms with Gasteiger partial charge in [-0.1, -0.05) is 48.5 Å². The van der Waals surface area contributed by atoms with E-state index < -0.39 is 42.7 Å². The van der Waals surface area contributed by atoms with Crippen LogP contribution in [0.25, 0.3) is 10.8 Å². The monoisotopic (exact) mass is 507 g/mol. The van der Waals surface area contributed by atoms with E-state index in [1.54, 1.807) is 52.0 Å². The summed E-state index contributed by atoms with van der Waals surface area (Å²) >= 11 is 0. The molecule has 3 amide bonds. The molecule has 9 nitrogen and oxygen atoms in total. The van der Waals surface area contributed by atoms with Crippen molar-refractivity contribution in [2.24, 2.45) is 0 Å². The van der Waals surface area contributed by atoms with E-state index in [1.807, 2.05) is 36.4 Å². The molecule has 9 heteroatoms. The van der Waals surface area contributed by atoms with E-state index in [-0.39, 0.29) is 17.9 Å². The van der Waals surface area contributed by atoms with Gasteiger partial charge in [0.1, 0.15) is 23.9 Å². The Morgan fingerprint density at radius 1 is 1.00 bits per heavy atom. The average Bonchev–Trinajstić information content (AvgIpc) is 2.83. The second kappa shape index (κ2) is 11.7. The maximum absolute atomic E-state index is 13.6. The molecule has 196 valence electrons. The number of hydrogen-bond donors (Lipinski definition) is 4. The quantitative estimate of drug-likeness (QED) is 0.366. The van der Waals surface area contributed by atoms with Crippen molar-refractivity contribution in [2.45, 2.75) is 39.3 Å². The molecule has 37 heavy (non-hydrogen) atoms. The summed E-state index contributed by atoms with van der Waals surface area (Å²) in [5.74, 6) is -1.37. The van der Waals surface area contributed by atoms with E-state index in [2.05, 4.69) is 10.6 Å². The molecule has 0 saturated heterocycles. The van der Waals surface area contributed by atoms with Crippen LogP contribution >= 0.6 is 0 Å². The van der Waals surface area contributed by atoms with Gasteiger partial charge in [-0.3, -0.25) is 9.59 Å². The van der Waals surface area contributed by atoms with Crippen LogP contribution in [0, 0.1) is 6.92 Å². The molecule has 0 bridgehead atoms. The summed E-state index contributed by atoms with van der Waals surface area (Å²) in [7, 11) is 0. The van der Waals surface area contributed by atoms with Gasteiger partial charge in [-0.15, -0.1) is 0 Å². The van der Waals surface area contributed by atoms with Crippen molar-refractivity contribution >= 4 is 34.4 Å². The summed E-state index contributed by atoms with van der Waals surface area (Å²) in [5.41, 5.74) is 0.457. The van der Waals surface area contributed by atoms with Gasteiger partial charge in [0, 0.05) is 17.8 Å². The number of carbonyl (C=O) groups is 3. The lowest BCUT2D eigenvalue weighted by atomic mass is 9.99. The molecule has 0 saturated carbocycles. The summed E-state index contributed by atoms with van der Waals surface area (Å²) in [5, 5.41) is 27.7. The lowest BCUT2D eigenvalue weighted by Gasteiger charge is -2.31. The maximum Gasteiger partial charge on any atom is 0.408 e. The number of carbonyl (C=O) groups excluding carboxylic acids is 3. The number of amides is 3. The minimum atomic E-state index is -1.29. The normalized spacial score (nSPS) is 12.0. The molecule has 1 atom stereocenters. The molecular weight excluding hydrogens is 474 g/mol. The number of rotatable bonds is 8. The number of phenols is 1. The van der Waals surface area contributed by atoms with E-state index in [0.717, 1.165) is 15.7 Å². The molecule has 0 fully saturated rings. The smallest absolute Gasteiger partial charge is 0.408 e. The Kier molecular flexibility index (Phi) is 8.73. The van der Waals surface area contributed by atoms with Crippen molar-refractivity contribution in [3.63, 3.8) is 0 Å². The fourth-order valence-corrected chi connectivity index (χ4v) is 3.90. The molecule has 4 N–H and O–H groups in total. The van der Waals surface area contributed by atoms with Crippen LogP contribution in [0.1, 0.15) is 37.9 Å². The molecule has 3 aromatic carbocycles. The molecule has 1 unspecified atom stereocenters. The average molecular weight is 508 g/mol. The first kappa shape index (κ1) is 27.5. The van der Waals surface area contributed by atoms with Gasteiger partial charge >= 0.3 is 6.09 Å². The lowest BCUT2D eigenvalue weighted by Crippen LogP contribution is -2.47. The van der Waals surface area contributed by atoms with Crippen LogP contribution in [0.5, 0.6) is 5.75 Å². The Morgan fingerprint density at radius 3 is 2.38 bits per heavy atom. The zero-order chi connectivity index (χ0) is 27.2. The number of aromatic hydroxyl groups is 1. The molecule has 0 aliphatic heterocycles. The molecule has 0 heterocycles. The number of benzene rings is 3. The van der Waals surface area contributed by atoms with Crippen molar-refractivity contribution in [1.82, 2.24) is 10.2 Å². The van der Waals surface area contributed by atoms with Gasteiger partial charge in [0.05, 0.1) is 6.61 Å². The van der Waals surface area contributed by atoms with Gasteiger partial charge in [0.15, 0.2) is 0 Å². The number of nitrogens with one attached hydrogen (secondary N) is 2. The molecular formula is C28H33N3O6. The standard InChI is InChI=1S/C28H33N3O6/c1-18-8-7-11-22(25(18)34)24(26(35)30-21-13-12-19-9-5-6-10-20(19)16-21)31(14-15-32)23(33)17-29-27(36)37-28(2,3)4/h5-13,16,24,32,34H,14-15,17H2,1-4H3,(H,29,36)(H,30,35). The number of para-hydroxylation sites is 1. The highest BCUT2D eigenvalue weighted by Crippen LogP contribution is 2.33. The van der Waals surface area contributed by atoms with E-state index in [9.17, 15) is 24.6 Å². The Morgan fingerprint density at radius 2 is 1.70 bits per heavy atom. The number of phenolic OH excluding ortho intramolecular Hbond substituents is 1. The second-order valence-electron chi connectivity index (χ2n) is 9.63. The number of hydrogen-bond acceptors (Lipinski definition) is 6. The molecule has 0 aromatic heterocycles. The number of aliphatic hydroxyl groups excluding tert-OH is 1. The highest BCUT2D eigenvalue weighted by atomic mass is 16.6. The Balaban J connectivity index is 1.93. The molecule has 0 aliphatic rings. The number of alkyl carbamates (subject to hydrolysis) is 1. The molecule has 3 aromatic rings. The molecule has 0 spiro atoms. The van der Waals surface area contributed by atoms with Crippen LogP contribution in [0.2, 0.25) is 0 Å². The van der Waals surface area contributed by atoms with Gasteiger partial charge < -0.3 is 30.5 Å². The maximum atomic E-state index is 13.6. The molecule has 0 aliphatic carbocycles. The van der Waals surface area contributed by atoms with Gasteiger partial charge in [0.25, 0.3) is 5.91 Å². The van der Waals surface area contributed by atoms with Crippen LogP contribution in [0.4, 0.5) is 10.5 Å². The largest absolute Gasteiger partial charge is 0.507 e. The third-order valence-corrected chi connectivity index (χ3v) is 5.58. The zero-order valence-corrected chi connectivity index (χ0v) is 21.4. The highest BCUT2D eigenvalue weighted by molar-refractivity contribution is 6.00. The predicted molar refractivity (Wildman–Crippen MR) is 141 cm³/mol. The van der Waals surface area contributed by atoms with Crippen LogP contribution in [0.15, 0.2) is 60.7 Å². The van der Waals surface area contributed by atoms with Gasteiger partial charge in [-0.2, -0.15) is 0 Å². The minimum Gasteiger partial charge on any atom is -0.507 e. The van der Waals surface area contributed by atoms with E-state index in [0.29, 0.717) is 11.3 Å². The van der Waals surface area contributed by atoms with Crippen molar-refractivity contribution in [2.75, 3.05) is 25.0 Å². The van der Waals surface area contributed by atoms with Crippen LogP contribution in [-0.4, -0.2) is 58.3 Å². The Hall–Kier alpha value is -4.11. The first-order valence-electron chi connectivity index (χ1n) is 12.0. The lowest BCUT2D eigenvalue weighted by molar-refractivity contribution is -0.138. The van der Waals surface area contributed by atoms with Crippen molar-refractivity contribution < 1.29 is 29.3 Å². The molecule has 0 radical (unpaired) electrons. The SMILES string of the molecule is Cc1cccc(C(C(=O)Nc2ccc3ccccc3c2)N(CCO)C(=O)CNC(=O)OC(C)(C)C)c1O. The van der Waals surface area contributed by atoms with Crippen molar-refractivity contribution in [3.05, 3.63) is 71.8 Å². The van der Waals surface area contributed by atoms with Gasteiger partial charge in [-0.25, -0.2) is 4.79 Å². The van der Waals surface area contributed by atoms with Crippen LogP contribution in [0.3, 0.4) is 0 Å². The van der Waals surface area contributed by atoms with Gasteiger partial charge in [-0.05, 0) is 56.2 Å². The number of anilines is 1. The number of nitrogens with zero attached hydrogens (tertiary/aromatic N) is 1. The van der Waals surface area contributed by atoms with Crippen LogP contribution < -0.4 is 10.6 Å². The fraction of sp³-hybridized carbons (Fsp3) is 0.321. The summed E-state index contributed by atoms with van der Waals surface area (Å²) in [6.45, 7) is 5.64. The Labute approximate surface area is 216 Å². The summed E-state index contributed by atoms with van der Waals surface area (Å²) in [4.78, 5) is 40.1. The van der Waals surface area contributed by atoms with E-state index >= 15 is 0 Å². The highest BCUT2D eigenvalue weighted by Gasteiger charge is 2.34. The first-order valence-corrected chi connectivity index (χ1v) is 12.0. The van der Waals surface area contributed by atoms with E-state index in [4.69, 9.17) is 4.74 Å². The number of fused-ring (bicyclic) bond motifs is 1. The van der Waals surface area contributed by atoms with Crippen LogP contribution in [-0.2, 0) is 14.3 Å².